The van der Waals surface area contributed by atoms with Gasteiger partial charge in [0.2, 0.25) is 0 Å². The monoisotopic (exact) mass is 219 g/mol. The van der Waals surface area contributed by atoms with Gasteiger partial charge in [0.15, 0.2) is 0 Å². The number of aromatic nitrogens is 1. The van der Waals surface area contributed by atoms with Crippen LogP contribution in [0.25, 0.3) is 0 Å². The molecule has 0 unspecified atom stereocenters. The standard InChI is InChI=1S/C13H21N3/c1-13(2,3)16-11-6-7-14-12(8-11)9-15-10-4-5-10/h6-8,10,15H,4-5,9H2,1-3H3,(H,14,16). The lowest BCUT2D eigenvalue weighted by Gasteiger charge is -2.22. The van der Waals surface area contributed by atoms with Crippen molar-refractivity contribution in [2.24, 2.45) is 0 Å². The molecule has 0 spiro atoms. The summed E-state index contributed by atoms with van der Waals surface area (Å²) in [4.78, 5) is 4.37. The number of nitrogens with zero attached hydrogens (tertiary/aromatic N) is 1. The van der Waals surface area contributed by atoms with Crippen molar-refractivity contribution in [3.63, 3.8) is 0 Å². The first-order valence-electron chi connectivity index (χ1n) is 5.99. The average molecular weight is 219 g/mol. The minimum Gasteiger partial charge on any atom is -0.380 e. The third-order valence-electron chi connectivity index (χ3n) is 2.49. The summed E-state index contributed by atoms with van der Waals surface area (Å²) in [7, 11) is 0. The molecular formula is C13H21N3. The molecule has 1 aromatic heterocycles. The first-order chi connectivity index (χ1) is 7.53. The fourth-order valence-corrected chi connectivity index (χ4v) is 1.62. The Morgan fingerprint density at radius 3 is 2.75 bits per heavy atom. The smallest absolute Gasteiger partial charge is 0.0562 e. The van der Waals surface area contributed by atoms with E-state index in [0.29, 0.717) is 0 Å². The van der Waals surface area contributed by atoms with Crippen molar-refractivity contribution in [2.45, 2.75) is 51.7 Å². The molecule has 16 heavy (non-hydrogen) atoms. The average Bonchev–Trinajstić information content (AvgIpc) is 2.96. The van der Waals surface area contributed by atoms with Gasteiger partial charge in [0.1, 0.15) is 0 Å². The van der Waals surface area contributed by atoms with Crippen molar-refractivity contribution >= 4 is 5.69 Å². The molecule has 1 aliphatic carbocycles. The second-order valence-electron chi connectivity index (χ2n) is 5.57. The first-order valence-corrected chi connectivity index (χ1v) is 5.99. The Morgan fingerprint density at radius 1 is 1.38 bits per heavy atom. The van der Waals surface area contributed by atoms with Crippen LogP contribution < -0.4 is 10.6 Å². The molecule has 0 aromatic carbocycles. The van der Waals surface area contributed by atoms with Crippen LogP contribution in [0.4, 0.5) is 5.69 Å². The van der Waals surface area contributed by atoms with Gasteiger partial charge in [0.25, 0.3) is 0 Å². The van der Waals surface area contributed by atoms with E-state index >= 15 is 0 Å². The van der Waals surface area contributed by atoms with Gasteiger partial charge < -0.3 is 10.6 Å². The summed E-state index contributed by atoms with van der Waals surface area (Å²) in [6.45, 7) is 7.37. The summed E-state index contributed by atoms with van der Waals surface area (Å²) in [5.74, 6) is 0. The Morgan fingerprint density at radius 2 is 2.12 bits per heavy atom. The largest absolute Gasteiger partial charge is 0.380 e. The van der Waals surface area contributed by atoms with Crippen LogP contribution in [0, 0.1) is 0 Å². The molecule has 1 aliphatic rings. The van der Waals surface area contributed by atoms with E-state index in [9.17, 15) is 0 Å². The van der Waals surface area contributed by atoms with E-state index in [-0.39, 0.29) is 5.54 Å². The van der Waals surface area contributed by atoms with E-state index in [1.165, 1.54) is 12.8 Å². The number of anilines is 1. The summed E-state index contributed by atoms with van der Waals surface area (Å²) in [5.41, 5.74) is 2.36. The summed E-state index contributed by atoms with van der Waals surface area (Å²) >= 11 is 0. The van der Waals surface area contributed by atoms with Gasteiger partial charge in [-0.3, -0.25) is 4.98 Å². The molecule has 0 amide bonds. The molecular weight excluding hydrogens is 198 g/mol. The number of hydrogen-bond acceptors (Lipinski definition) is 3. The van der Waals surface area contributed by atoms with Crippen molar-refractivity contribution in [3.05, 3.63) is 24.0 Å². The number of hydrogen-bond donors (Lipinski definition) is 2. The van der Waals surface area contributed by atoms with E-state index in [0.717, 1.165) is 24.0 Å². The molecule has 0 atom stereocenters. The van der Waals surface area contributed by atoms with Crippen molar-refractivity contribution in [2.75, 3.05) is 5.32 Å². The Kier molecular flexibility index (Phi) is 3.15. The molecule has 1 heterocycles. The lowest BCUT2D eigenvalue weighted by Crippen LogP contribution is -2.26. The van der Waals surface area contributed by atoms with Gasteiger partial charge >= 0.3 is 0 Å². The Hall–Kier alpha value is -1.09. The lowest BCUT2D eigenvalue weighted by atomic mass is 10.1. The van der Waals surface area contributed by atoms with E-state index in [1.807, 2.05) is 12.3 Å². The Labute approximate surface area is 97.7 Å². The van der Waals surface area contributed by atoms with Crippen LogP contribution in [0.2, 0.25) is 0 Å². The van der Waals surface area contributed by atoms with Crippen LogP contribution in [0.5, 0.6) is 0 Å². The van der Waals surface area contributed by atoms with E-state index < -0.39 is 0 Å². The quantitative estimate of drug-likeness (QED) is 0.817. The second kappa shape index (κ2) is 4.42. The van der Waals surface area contributed by atoms with Crippen LogP contribution in [0.1, 0.15) is 39.3 Å². The summed E-state index contributed by atoms with van der Waals surface area (Å²) in [6, 6.07) is 4.88. The molecule has 1 aromatic rings. The molecule has 1 saturated carbocycles. The highest BCUT2D eigenvalue weighted by Crippen LogP contribution is 2.20. The normalized spacial score (nSPS) is 16.2. The second-order valence-corrected chi connectivity index (χ2v) is 5.57. The highest BCUT2D eigenvalue weighted by atomic mass is 15.0. The van der Waals surface area contributed by atoms with E-state index in [1.54, 1.807) is 0 Å². The van der Waals surface area contributed by atoms with Crippen molar-refractivity contribution in [1.82, 2.24) is 10.3 Å². The third-order valence-corrected chi connectivity index (χ3v) is 2.49. The SMILES string of the molecule is CC(C)(C)Nc1ccnc(CNC2CC2)c1. The van der Waals surface area contributed by atoms with Crippen molar-refractivity contribution < 1.29 is 0 Å². The van der Waals surface area contributed by atoms with Crippen LogP contribution in [0.3, 0.4) is 0 Å². The predicted octanol–water partition coefficient (Wildman–Crippen LogP) is 2.54. The van der Waals surface area contributed by atoms with E-state index in [2.05, 4.69) is 42.5 Å². The van der Waals surface area contributed by atoms with Crippen LogP contribution >= 0.6 is 0 Å². The topological polar surface area (TPSA) is 37.0 Å². The highest BCUT2D eigenvalue weighted by Gasteiger charge is 2.20. The Balaban J connectivity index is 1.95. The summed E-state index contributed by atoms with van der Waals surface area (Å²) in [6.07, 6.45) is 4.51. The van der Waals surface area contributed by atoms with Crippen LogP contribution in [-0.2, 0) is 6.54 Å². The molecule has 1 fully saturated rings. The van der Waals surface area contributed by atoms with Gasteiger partial charge in [-0.15, -0.1) is 0 Å². The van der Waals surface area contributed by atoms with Gasteiger partial charge in [0, 0.05) is 30.0 Å². The van der Waals surface area contributed by atoms with E-state index in [4.69, 9.17) is 0 Å². The van der Waals surface area contributed by atoms with Gasteiger partial charge in [-0.2, -0.15) is 0 Å². The van der Waals surface area contributed by atoms with Gasteiger partial charge in [-0.05, 0) is 45.7 Å². The fraction of sp³-hybridized carbons (Fsp3) is 0.615. The predicted molar refractivity (Wildman–Crippen MR) is 67.5 cm³/mol. The number of rotatable bonds is 4. The van der Waals surface area contributed by atoms with Crippen molar-refractivity contribution in [1.29, 1.82) is 0 Å². The molecule has 3 nitrogen and oxygen atoms in total. The maximum atomic E-state index is 4.37. The number of nitrogens with one attached hydrogen (secondary N) is 2. The van der Waals surface area contributed by atoms with Gasteiger partial charge in [-0.25, -0.2) is 0 Å². The Bertz CT molecular complexity index is 350. The zero-order valence-electron chi connectivity index (χ0n) is 10.4. The number of pyridine rings is 1. The molecule has 88 valence electrons. The van der Waals surface area contributed by atoms with Gasteiger partial charge in [0.05, 0.1) is 5.69 Å². The fourth-order valence-electron chi connectivity index (χ4n) is 1.62. The zero-order chi connectivity index (χ0) is 11.6. The van der Waals surface area contributed by atoms with Crippen LogP contribution in [-0.4, -0.2) is 16.6 Å². The minimum atomic E-state index is 0.0997. The molecule has 3 heteroatoms. The first kappa shape index (κ1) is 11.4. The van der Waals surface area contributed by atoms with Gasteiger partial charge in [-0.1, -0.05) is 0 Å². The molecule has 0 saturated heterocycles. The zero-order valence-corrected chi connectivity index (χ0v) is 10.4. The maximum absolute atomic E-state index is 4.37. The van der Waals surface area contributed by atoms with Crippen LogP contribution in [0.15, 0.2) is 18.3 Å². The van der Waals surface area contributed by atoms with Crippen molar-refractivity contribution in [3.8, 4) is 0 Å². The molecule has 0 radical (unpaired) electrons. The molecule has 0 aliphatic heterocycles. The molecule has 2 rings (SSSR count). The highest BCUT2D eigenvalue weighted by molar-refractivity contribution is 5.45. The minimum absolute atomic E-state index is 0.0997. The summed E-state index contributed by atoms with van der Waals surface area (Å²) < 4.78 is 0. The lowest BCUT2D eigenvalue weighted by molar-refractivity contribution is 0.632. The third kappa shape index (κ3) is 3.81. The molecule has 0 bridgehead atoms. The summed E-state index contributed by atoms with van der Waals surface area (Å²) in [5, 5.41) is 6.93. The molecule has 2 N–H and O–H groups in total. The maximum Gasteiger partial charge on any atom is 0.0562 e.